The van der Waals surface area contributed by atoms with Crippen LogP contribution in [0.15, 0.2) is 33.8 Å². The second kappa shape index (κ2) is 6.96. The first kappa shape index (κ1) is 17.4. The molecule has 0 radical (unpaired) electrons. The van der Waals surface area contributed by atoms with Crippen LogP contribution in [0.3, 0.4) is 0 Å². The molecule has 3 heterocycles. The van der Waals surface area contributed by atoms with E-state index in [1.54, 1.807) is 21.8 Å². The number of hydrogen-bond acceptors (Lipinski definition) is 5. The van der Waals surface area contributed by atoms with Crippen molar-refractivity contribution in [2.45, 2.75) is 44.4 Å². The highest BCUT2D eigenvalue weighted by Gasteiger charge is 2.43. The molecule has 0 aromatic carbocycles. The van der Waals surface area contributed by atoms with Crippen molar-refractivity contribution in [1.82, 2.24) is 14.7 Å². The predicted octanol–water partition coefficient (Wildman–Crippen LogP) is 3.30. The number of nitrogens with zero attached hydrogens (tertiary/aromatic N) is 2. The van der Waals surface area contributed by atoms with E-state index in [0.29, 0.717) is 17.9 Å². The van der Waals surface area contributed by atoms with E-state index in [4.69, 9.17) is 0 Å². The molecule has 0 unspecified atom stereocenters. The predicted molar refractivity (Wildman–Crippen MR) is 105 cm³/mol. The highest BCUT2D eigenvalue weighted by atomic mass is 32.1. The third kappa shape index (κ3) is 2.99. The van der Waals surface area contributed by atoms with Gasteiger partial charge in [0.1, 0.15) is 0 Å². The van der Waals surface area contributed by atoms with Crippen LogP contribution >= 0.6 is 22.7 Å². The molecular weight excluding hydrogens is 366 g/mol. The van der Waals surface area contributed by atoms with E-state index in [-0.39, 0.29) is 16.9 Å². The summed E-state index contributed by atoms with van der Waals surface area (Å²) in [5, 5.41) is 7.13. The minimum atomic E-state index is -0.361. The van der Waals surface area contributed by atoms with Crippen molar-refractivity contribution in [2.75, 3.05) is 6.54 Å². The zero-order valence-corrected chi connectivity index (χ0v) is 16.3. The van der Waals surface area contributed by atoms with Gasteiger partial charge in [-0.3, -0.25) is 14.0 Å². The number of carbonyl (C=O) groups is 1. The molecule has 3 aromatic heterocycles. The Morgan fingerprint density at radius 1 is 1.35 bits per heavy atom. The lowest BCUT2D eigenvalue weighted by molar-refractivity contribution is -0.126. The second-order valence-electron chi connectivity index (χ2n) is 6.85. The maximum Gasteiger partial charge on any atom is 0.258 e. The molecule has 1 saturated carbocycles. The van der Waals surface area contributed by atoms with Crippen LogP contribution in [-0.4, -0.2) is 21.8 Å². The standard InChI is InChI=1S/C19H21N3O2S2/c1-13-11-16(23)22-14(12-26-18(22)21-13)6-9-20-17(24)19(7-2-3-8-19)15-5-4-10-25-15/h4-5,10-12H,2-3,6-9H2,1H3,(H,20,24). The highest BCUT2D eigenvalue weighted by molar-refractivity contribution is 7.15. The van der Waals surface area contributed by atoms with Gasteiger partial charge in [-0.1, -0.05) is 18.9 Å². The molecule has 0 bridgehead atoms. The van der Waals surface area contributed by atoms with E-state index in [0.717, 1.165) is 37.1 Å². The van der Waals surface area contributed by atoms with E-state index in [1.807, 2.05) is 23.8 Å². The van der Waals surface area contributed by atoms with Gasteiger partial charge < -0.3 is 5.32 Å². The van der Waals surface area contributed by atoms with Crippen LogP contribution in [0.2, 0.25) is 0 Å². The first-order valence-corrected chi connectivity index (χ1v) is 10.7. The Kier molecular flexibility index (Phi) is 4.67. The maximum absolute atomic E-state index is 13.0. The molecule has 5 nitrogen and oxygen atoms in total. The van der Waals surface area contributed by atoms with Crippen molar-refractivity contribution in [2.24, 2.45) is 0 Å². The molecule has 1 N–H and O–H groups in total. The number of hydrogen-bond donors (Lipinski definition) is 1. The number of rotatable bonds is 5. The summed E-state index contributed by atoms with van der Waals surface area (Å²) in [5.74, 6) is 0.123. The fraction of sp³-hybridized carbons (Fsp3) is 0.421. The van der Waals surface area contributed by atoms with Crippen molar-refractivity contribution in [1.29, 1.82) is 0 Å². The molecule has 0 atom stereocenters. The fourth-order valence-corrected chi connectivity index (χ4v) is 5.80. The zero-order valence-electron chi connectivity index (χ0n) is 14.7. The van der Waals surface area contributed by atoms with Gasteiger partial charge in [-0.15, -0.1) is 22.7 Å². The van der Waals surface area contributed by atoms with E-state index in [2.05, 4.69) is 16.4 Å². The van der Waals surface area contributed by atoms with Crippen LogP contribution in [0.25, 0.3) is 4.96 Å². The summed E-state index contributed by atoms with van der Waals surface area (Å²) in [6.45, 7) is 2.35. The van der Waals surface area contributed by atoms with Crippen LogP contribution in [0.1, 0.15) is 41.9 Å². The van der Waals surface area contributed by atoms with Crippen LogP contribution in [0, 0.1) is 6.92 Å². The van der Waals surface area contributed by atoms with Crippen LogP contribution in [0.4, 0.5) is 0 Å². The number of nitrogens with one attached hydrogen (secondary N) is 1. The Hall–Kier alpha value is -1.99. The summed E-state index contributed by atoms with van der Waals surface area (Å²) >= 11 is 3.14. The van der Waals surface area contributed by atoms with E-state index in [9.17, 15) is 9.59 Å². The van der Waals surface area contributed by atoms with Crippen LogP contribution in [-0.2, 0) is 16.6 Å². The van der Waals surface area contributed by atoms with E-state index in [1.165, 1.54) is 16.2 Å². The third-order valence-electron chi connectivity index (χ3n) is 5.15. The Morgan fingerprint density at radius 2 is 2.15 bits per heavy atom. The number of fused-ring (bicyclic) bond motifs is 1. The molecular formula is C19H21N3O2S2. The number of aromatic nitrogens is 2. The van der Waals surface area contributed by atoms with Crippen molar-refractivity contribution in [3.63, 3.8) is 0 Å². The molecule has 1 aliphatic rings. The second-order valence-corrected chi connectivity index (χ2v) is 8.64. The fourth-order valence-electron chi connectivity index (χ4n) is 3.85. The zero-order chi connectivity index (χ0) is 18.1. The van der Waals surface area contributed by atoms with Gasteiger partial charge in [0, 0.05) is 40.7 Å². The van der Waals surface area contributed by atoms with Gasteiger partial charge in [0.05, 0.1) is 5.41 Å². The average Bonchev–Trinajstić information content (AvgIpc) is 3.35. The lowest BCUT2D eigenvalue weighted by atomic mass is 9.83. The first-order valence-electron chi connectivity index (χ1n) is 8.89. The topological polar surface area (TPSA) is 63.5 Å². The molecule has 3 aromatic rings. The van der Waals surface area contributed by atoms with Gasteiger partial charge in [0.2, 0.25) is 5.91 Å². The Labute approximate surface area is 159 Å². The number of aryl methyl sites for hydroxylation is 1. The monoisotopic (exact) mass is 387 g/mol. The number of carbonyl (C=O) groups excluding carboxylic acids is 1. The molecule has 0 saturated heterocycles. The summed E-state index contributed by atoms with van der Waals surface area (Å²) in [5.41, 5.74) is 1.22. The largest absolute Gasteiger partial charge is 0.355 e. The van der Waals surface area contributed by atoms with Gasteiger partial charge in [-0.25, -0.2) is 4.98 Å². The van der Waals surface area contributed by atoms with Crippen molar-refractivity contribution in [3.05, 3.63) is 55.6 Å². The Morgan fingerprint density at radius 3 is 2.88 bits per heavy atom. The lowest BCUT2D eigenvalue weighted by Gasteiger charge is -2.26. The SMILES string of the molecule is Cc1cc(=O)n2c(CCNC(=O)C3(c4cccs4)CCCC3)csc2n1. The lowest BCUT2D eigenvalue weighted by Crippen LogP contribution is -2.42. The van der Waals surface area contributed by atoms with Gasteiger partial charge in [-0.2, -0.15) is 0 Å². The Bertz CT molecular complexity index is 982. The molecule has 4 rings (SSSR count). The molecule has 7 heteroatoms. The molecule has 136 valence electrons. The van der Waals surface area contributed by atoms with E-state index >= 15 is 0 Å². The summed E-state index contributed by atoms with van der Waals surface area (Å²) in [6.07, 6.45) is 4.66. The summed E-state index contributed by atoms with van der Waals surface area (Å²) in [4.78, 5) is 31.5. The molecule has 1 fully saturated rings. The molecule has 26 heavy (non-hydrogen) atoms. The van der Waals surface area contributed by atoms with E-state index < -0.39 is 0 Å². The summed E-state index contributed by atoms with van der Waals surface area (Å²) in [6, 6.07) is 5.65. The summed E-state index contributed by atoms with van der Waals surface area (Å²) in [7, 11) is 0. The molecule has 0 spiro atoms. The smallest absolute Gasteiger partial charge is 0.258 e. The Balaban J connectivity index is 1.48. The number of thiazole rings is 1. The minimum absolute atomic E-state index is 0.0547. The minimum Gasteiger partial charge on any atom is -0.355 e. The summed E-state index contributed by atoms with van der Waals surface area (Å²) < 4.78 is 1.65. The average molecular weight is 388 g/mol. The maximum atomic E-state index is 13.0. The van der Waals surface area contributed by atoms with Crippen molar-refractivity contribution < 1.29 is 4.79 Å². The first-order chi connectivity index (χ1) is 12.6. The molecule has 1 aliphatic carbocycles. The van der Waals surface area contributed by atoms with Crippen LogP contribution in [0.5, 0.6) is 0 Å². The van der Waals surface area contributed by atoms with Gasteiger partial charge in [0.25, 0.3) is 5.56 Å². The number of thiophene rings is 1. The van der Waals surface area contributed by atoms with Gasteiger partial charge in [-0.05, 0) is 31.2 Å². The van der Waals surface area contributed by atoms with Crippen LogP contribution < -0.4 is 10.9 Å². The number of amides is 1. The highest BCUT2D eigenvalue weighted by Crippen LogP contribution is 2.43. The molecule has 0 aliphatic heterocycles. The third-order valence-corrected chi connectivity index (χ3v) is 7.10. The normalized spacial score (nSPS) is 16.2. The van der Waals surface area contributed by atoms with Gasteiger partial charge >= 0.3 is 0 Å². The molecule has 1 amide bonds. The van der Waals surface area contributed by atoms with Crippen molar-refractivity contribution in [3.8, 4) is 0 Å². The quantitative estimate of drug-likeness (QED) is 0.731. The van der Waals surface area contributed by atoms with Gasteiger partial charge in [0.15, 0.2) is 4.96 Å². The van der Waals surface area contributed by atoms with Crippen molar-refractivity contribution >= 4 is 33.5 Å².